The number of piperidine rings is 1. The Morgan fingerprint density at radius 1 is 1.33 bits per heavy atom. The van der Waals surface area contributed by atoms with Gasteiger partial charge in [-0.15, -0.1) is 0 Å². The zero-order chi connectivity index (χ0) is 15.2. The molecule has 1 fully saturated rings. The molecule has 0 spiro atoms. The molecule has 0 atom stereocenters. The molecule has 114 valence electrons. The third-order valence-corrected chi connectivity index (χ3v) is 3.99. The van der Waals surface area contributed by atoms with Crippen LogP contribution in [0.3, 0.4) is 0 Å². The van der Waals surface area contributed by atoms with E-state index in [2.05, 4.69) is 4.90 Å². The number of nitrogens with zero attached hydrogens (tertiary/aromatic N) is 2. The summed E-state index contributed by atoms with van der Waals surface area (Å²) in [5.74, 6) is -0.0735. The van der Waals surface area contributed by atoms with Gasteiger partial charge in [0.2, 0.25) is 0 Å². The number of likely N-dealkylation sites (tertiary alicyclic amines) is 1. The standard InChI is InChI=1S/C15H20N2O4/c1-21-15(18)13-7-10-16(11-8-13)9-6-12-2-4-14(5-3-12)17(19)20/h2-5,13H,6-11H2,1H3. The first-order valence-electron chi connectivity index (χ1n) is 7.13. The molecule has 1 heterocycles. The Kier molecular flexibility index (Phi) is 5.27. The smallest absolute Gasteiger partial charge is 0.308 e. The molecule has 1 aromatic rings. The summed E-state index contributed by atoms with van der Waals surface area (Å²) < 4.78 is 4.77. The Hall–Kier alpha value is -1.95. The van der Waals surface area contributed by atoms with Crippen LogP contribution in [0.15, 0.2) is 24.3 Å². The number of hydrogen-bond acceptors (Lipinski definition) is 5. The van der Waals surface area contributed by atoms with Crippen LogP contribution in [0, 0.1) is 16.0 Å². The quantitative estimate of drug-likeness (QED) is 0.471. The average Bonchev–Trinajstić information content (AvgIpc) is 2.53. The number of carbonyl (C=O) groups is 1. The van der Waals surface area contributed by atoms with Gasteiger partial charge < -0.3 is 9.64 Å². The first-order valence-corrected chi connectivity index (χ1v) is 7.13. The summed E-state index contributed by atoms with van der Waals surface area (Å²) in [7, 11) is 1.43. The van der Waals surface area contributed by atoms with Crippen molar-refractivity contribution >= 4 is 11.7 Å². The third kappa shape index (κ3) is 4.26. The van der Waals surface area contributed by atoms with Gasteiger partial charge >= 0.3 is 5.97 Å². The second-order valence-corrected chi connectivity index (χ2v) is 5.31. The summed E-state index contributed by atoms with van der Waals surface area (Å²) in [5, 5.41) is 10.6. The van der Waals surface area contributed by atoms with Gasteiger partial charge in [-0.1, -0.05) is 12.1 Å². The van der Waals surface area contributed by atoms with Crippen LogP contribution in [-0.2, 0) is 16.0 Å². The number of methoxy groups -OCH3 is 1. The minimum Gasteiger partial charge on any atom is -0.469 e. The maximum Gasteiger partial charge on any atom is 0.308 e. The number of rotatable bonds is 5. The SMILES string of the molecule is COC(=O)C1CCN(CCc2ccc([N+](=O)[O-])cc2)CC1. The molecule has 0 N–H and O–H groups in total. The van der Waals surface area contributed by atoms with E-state index in [-0.39, 0.29) is 22.5 Å². The zero-order valence-corrected chi connectivity index (χ0v) is 12.2. The van der Waals surface area contributed by atoms with Crippen molar-refractivity contribution in [3.05, 3.63) is 39.9 Å². The number of nitro groups is 1. The van der Waals surface area contributed by atoms with E-state index in [0.717, 1.165) is 44.5 Å². The molecule has 2 rings (SSSR count). The molecule has 1 saturated heterocycles. The van der Waals surface area contributed by atoms with E-state index in [4.69, 9.17) is 4.74 Å². The molecule has 1 aliphatic rings. The van der Waals surface area contributed by atoms with Gasteiger partial charge in [-0.25, -0.2) is 0 Å². The van der Waals surface area contributed by atoms with E-state index in [0.29, 0.717) is 0 Å². The Bertz CT molecular complexity index is 493. The highest BCUT2D eigenvalue weighted by atomic mass is 16.6. The first kappa shape index (κ1) is 15.4. The van der Waals surface area contributed by atoms with Gasteiger partial charge in [0.25, 0.3) is 5.69 Å². The lowest BCUT2D eigenvalue weighted by Gasteiger charge is -2.30. The number of esters is 1. The fourth-order valence-corrected chi connectivity index (χ4v) is 2.63. The summed E-state index contributed by atoms with van der Waals surface area (Å²) >= 11 is 0. The molecule has 6 nitrogen and oxygen atoms in total. The molecule has 0 amide bonds. The van der Waals surface area contributed by atoms with Gasteiger partial charge in [-0.3, -0.25) is 14.9 Å². The monoisotopic (exact) mass is 292 g/mol. The third-order valence-electron chi connectivity index (χ3n) is 3.99. The summed E-state index contributed by atoms with van der Waals surface area (Å²) in [6.07, 6.45) is 2.54. The van der Waals surface area contributed by atoms with Gasteiger partial charge in [0, 0.05) is 18.7 Å². The summed E-state index contributed by atoms with van der Waals surface area (Å²) in [6.45, 7) is 2.70. The average molecular weight is 292 g/mol. The minimum absolute atomic E-state index is 0.0330. The molecular formula is C15H20N2O4. The van der Waals surface area contributed by atoms with Crippen LogP contribution in [0.1, 0.15) is 18.4 Å². The molecule has 1 aliphatic heterocycles. The molecule has 6 heteroatoms. The molecule has 0 saturated carbocycles. The van der Waals surface area contributed by atoms with E-state index in [1.165, 1.54) is 7.11 Å². The van der Waals surface area contributed by atoms with E-state index in [1.54, 1.807) is 24.3 Å². The van der Waals surface area contributed by atoms with Crippen LogP contribution in [0.2, 0.25) is 0 Å². The maximum absolute atomic E-state index is 11.4. The van der Waals surface area contributed by atoms with Crippen LogP contribution in [0.5, 0.6) is 0 Å². The highest BCUT2D eigenvalue weighted by molar-refractivity contribution is 5.72. The Morgan fingerprint density at radius 3 is 2.48 bits per heavy atom. The van der Waals surface area contributed by atoms with Gasteiger partial charge in [0.1, 0.15) is 0 Å². The van der Waals surface area contributed by atoms with Gasteiger partial charge in [0.05, 0.1) is 18.0 Å². The van der Waals surface area contributed by atoms with Crippen LogP contribution in [-0.4, -0.2) is 42.5 Å². The second kappa shape index (κ2) is 7.17. The molecule has 0 unspecified atom stereocenters. The number of benzene rings is 1. The number of carbonyl (C=O) groups excluding carboxylic acids is 1. The van der Waals surface area contributed by atoms with Crippen molar-refractivity contribution in [2.75, 3.05) is 26.7 Å². The lowest BCUT2D eigenvalue weighted by molar-refractivity contribution is -0.384. The van der Waals surface area contributed by atoms with Gasteiger partial charge in [-0.05, 0) is 37.9 Å². The number of ether oxygens (including phenoxy) is 1. The molecule has 0 aromatic heterocycles. The molecule has 0 radical (unpaired) electrons. The van der Waals surface area contributed by atoms with Crippen LogP contribution >= 0.6 is 0 Å². The lowest BCUT2D eigenvalue weighted by atomic mass is 9.97. The van der Waals surface area contributed by atoms with Gasteiger partial charge in [-0.2, -0.15) is 0 Å². The maximum atomic E-state index is 11.4. The molecule has 0 bridgehead atoms. The summed E-state index contributed by atoms with van der Waals surface area (Å²) in [6, 6.07) is 6.69. The van der Waals surface area contributed by atoms with Gasteiger partial charge in [0.15, 0.2) is 0 Å². The highest BCUT2D eigenvalue weighted by Crippen LogP contribution is 2.19. The van der Waals surface area contributed by atoms with E-state index < -0.39 is 0 Å². The predicted molar refractivity (Wildman–Crippen MR) is 78.0 cm³/mol. The summed E-state index contributed by atoms with van der Waals surface area (Å²) in [4.78, 5) is 24.0. The first-order chi connectivity index (χ1) is 10.1. The van der Waals surface area contributed by atoms with Crippen molar-refractivity contribution in [1.82, 2.24) is 4.90 Å². The van der Waals surface area contributed by atoms with Crippen molar-refractivity contribution in [1.29, 1.82) is 0 Å². The van der Waals surface area contributed by atoms with Crippen LogP contribution in [0.25, 0.3) is 0 Å². The predicted octanol–water partition coefficient (Wildman–Crippen LogP) is 2.02. The zero-order valence-electron chi connectivity index (χ0n) is 12.2. The Morgan fingerprint density at radius 2 is 1.95 bits per heavy atom. The van der Waals surface area contributed by atoms with E-state index >= 15 is 0 Å². The van der Waals surface area contributed by atoms with Crippen LogP contribution < -0.4 is 0 Å². The van der Waals surface area contributed by atoms with Crippen molar-refractivity contribution in [3.63, 3.8) is 0 Å². The largest absolute Gasteiger partial charge is 0.469 e. The highest BCUT2D eigenvalue weighted by Gasteiger charge is 2.25. The van der Waals surface area contributed by atoms with Crippen molar-refractivity contribution in [2.45, 2.75) is 19.3 Å². The fraction of sp³-hybridized carbons (Fsp3) is 0.533. The van der Waals surface area contributed by atoms with Crippen molar-refractivity contribution < 1.29 is 14.5 Å². The minimum atomic E-state index is -0.388. The normalized spacial score (nSPS) is 16.6. The summed E-state index contributed by atoms with van der Waals surface area (Å²) in [5.41, 5.74) is 1.22. The Labute approximate surface area is 123 Å². The van der Waals surface area contributed by atoms with E-state index in [1.807, 2.05) is 0 Å². The topological polar surface area (TPSA) is 72.7 Å². The van der Waals surface area contributed by atoms with Crippen molar-refractivity contribution in [2.24, 2.45) is 5.92 Å². The number of hydrogen-bond donors (Lipinski definition) is 0. The number of non-ortho nitro benzene ring substituents is 1. The molecule has 1 aromatic carbocycles. The van der Waals surface area contributed by atoms with E-state index in [9.17, 15) is 14.9 Å². The lowest BCUT2D eigenvalue weighted by Crippen LogP contribution is -2.37. The van der Waals surface area contributed by atoms with Crippen molar-refractivity contribution in [3.8, 4) is 0 Å². The molecular weight excluding hydrogens is 272 g/mol. The van der Waals surface area contributed by atoms with Crippen LogP contribution in [0.4, 0.5) is 5.69 Å². The Balaban J connectivity index is 1.77. The fourth-order valence-electron chi connectivity index (χ4n) is 2.63. The molecule has 0 aliphatic carbocycles. The second-order valence-electron chi connectivity index (χ2n) is 5.31. The number of nitro benzene ring substituents is 1. The molecule has 21 heavy (non-hydrogen) atoms.